The number of unbranched alkanes of at least 4 members (excludes halogenated alkanes) is 1. The van der Waals surface area contributed by atoms with Gasteiger partial charge in [0.1, 0.15) is 6.04 Å². The summed E-state index contributed by atoms with van der Waals surface area (Å²) in [6.07, 6.45) is 3.22. The summed E-state index contributed by atoms with van der Waals surface area (Å²) >= 11 is 0. The molecule has 4 nitrogen and oxygen atoms in total. The monoisotopic (exact) mass is 312 g/mol. The fraction of sp³-hybridized carbons (Fsp3) is 0.562. The zero-order valence-electron chi connectivity index (χ0n) is 12.6. The first-order valence-electron chi connectivity index (χ1n) is 7.37. The highest BCUT2D eigenvalue weighted by molar-refractivity contribution is 5.85. The van der Waals surface area contributed by atoms with Gasteiger partial charge in [-0.05, 0) is 24.8 Å². The number of ether oxygens (including phenoxy) is 1. The third-order valence-electron chi connectivity index (χ3n) is 3.65. The number of carbonyl (C=O) groups is 1. The number of amides is 1. The van der Waals surface area contributed by atoms with Gasteiger partial charge in [-0.1, -0.05) is 30.3 Å². The summed E-state index contributed by atoms with van der Waals surface area (Å²) in [4.78, 5) is 14.0. The van der Waals surface area contributed by atoms with Gasteiger partial charge in [-0.3, -0.25) is 4.79 Å². The van der Waals surface area contributed by atoms with Gasteiger partial charge >= 0.3 is 0 Å². The average Bonchev–Trinajstić information content (AvgIpc) is 2.52. The number of carbonyl (C=O) groups excluding carboxylic acids is 1. The number of benzene rings is 1. The van der Waals surface area contributed by atoms with Crippen molar-refractivity contribution in [2.24, 2.45) is 0 Å². The minimum absolute atomic E-state index is 0. The SMILES string of the molecule is CN(CCCCc1ccccc1)C(=O)C1COCCN1.Cl. The van der Waals surface area contributed by atoms with Crippen molar-refractivity contribution in [3.8, 4) is 0 Å². The zero-order valence-corrected chi connectivity index (χ0v) is 13.4. The van der Waals surface area contributed by atoms with Gasteiger partial charge in [0, 0.05) is 20.1 Å². The number of nitrogens with zero attached hydrogens (tertiary/aromatic N) is 1. The van der Waals surface area contributed by atoms with E-state index < -0.39 is 0 Å². The normalized spacial score (nSPS) is 17.9. The molecule has 118 valence electrons. The van der Waals surface area contributed by atoms with E-state index in [0.29, 0.717) is 13.2 Å². The summed E-state index contributed by atoms with van der Waals surface area (Å²) in [6, 6.07) is 10.3. The minimum Gasteiger partial charge on any atom is -0.378 e. The van der Waals surface area contributed by atoms with Crippen LogP contribution in [0.2, 0.25) is 0 Å². The summed E-state index contributed by atoms with van der Waals surface area (Å²) < 4.78 is 5.33. The summed E-state index contributed by atoms with van der Waals surface area (Å²) in [5, 5.41) is 3.20. The van der Waals surface area contributed by atoms with Crippen LogP contribution in [0.15, 0.2) is 30.3 Å². The van der Waals surface area contributed by atoms with E-state index >= 15 is 0 Å². The molecule has 21 heavy (non-hydrogen) atoms. The van der Waals surface area contributed by atoms with Crippen LogP contribution < -0.4 is 5.32 Å². The maximum absolute atomic E-state index is 12.1. The van der Waals surface area contributed by atoms with Gasteiger partial charge in [-0.2, -0.15) is 0 Å². The molecule has 1 unspecified atom stereocenters. The number of halogens is 1. The van der Waals surface area contributed by atoms with Crippen LogP contribution >= 0.6 is 12.4 Å². The Morgan fingerprint density at radius 3 is 2.76 bits per heavy atom. The number of likely N-dealkylation sites (N-methyl/N-ethyl adjacent to an activating group) is 1. The topological polar surface area (TPSA) is 41.6 Å². The second-order valence-corrected chi connectivity index (χ2v) is 5.28. The number of hydrogen-bond donors (Lipinski definition) is 1. The van der Waals surface area contributed by atoms with Gasteiger partial charge in [0.25, 0.3) is 0 Å². The van der Waals surface area contributed by atoms with E-state index in [2.05, 4.69) is 29.6 Å². The van der Waals surface area contributed by atoms with Crippen LogP contribution in [-0.4, -0.2) is 50.2 Å². The molecule has 1 aliphatic heterocycles. The summed E-state index contributed by atoms with van der Waals surface area (Å²) in [5.41, 5.74) is 1.36. The maximum atomic E-state index is 12.1. The van der Waals surface area contributed by atoms with Crippen molar-refractivity contribution in [1.82, 2.24) is 10.2 Å². The Balaban J connectivity index is 0.00000220. The van der Waals surface area contributed by atoms with Crippen LogP contribution in [0.4, 0.5) is 0 Å². The van der Waals surface area contributed by atoms with E-state index in [1.807, 2.05) is 18.0 Å². The Bertz CT molecular complexity index is 408. The molecule has 0 radical (unpaired) electrons. The molecule has 1 heterocycles. The standard InChI is InChI=1S/C16H24N2O2.ClH/c1-18(16(19)15-13-20-12-10-17-15)11-6-5-9-14-7-3-2-4-8-14;/h2-4,7-8,15,17H,5-6,9-13H2,1H3;1H. The van der Waals surface area contributed by atoms with E-state index in [0.717, 1.165) is 32.4 Å². The highest BCUT2D eigenvalue weighted by Crippen LogP contribution is 2.06. The molecule has 1 aliphatic rings. The lowest BCUT2D eigenvalue weighted by Crippen LogP contribution is -2.51. The summed E-state index contributed by atoms with van der Waals surface area (Å²) in [6.45, 7) is 2.76. The van der Waals surface area contributed by atoms with Crippen LogP contribution in [-0.2, 0) is 16.0 Å². The number of nitrogens with one attached hydrogen (secondary N) is 1. The lowest BCUT2D eigenvalue weighted by Gasteiger charge is -2.27. The maximum Gasteiger partial charge on any atom is 0.241 e. The van der Waals surface area contributed by atoms with Crippen molar-refractivity contribution in [2.75, 3.05) is 33.4 Å². The van der Waals surface area contributed by atoms with Crippen molar-refractivity contribution >= 4 is 18.3 Å². The second-order valence-electron chi connectivity index (χ2n) is 5.28. The first-order valence-corrected chi connectivity index (χ1v) is 7.37. The number of hydrogen-bond acceptors (Lipinski definition) is 3. The second kappa shape index (κ2) is 9.77. The molecule has 1 saturated heterocycles. The van der Waals surface area contributed by atoms with E-state index in [1.54, 1.807) is 0 Å². The molecule has 0 aliphatic carbocycles. The Morgan fingerprint density at radius 2 is 2.10 bits per heavy atom. The van der Waals surface area contributed by atoms with Gasteiger partial charge < -0.3 is 15.0 Å². The van der Waals surface area contributed by atoms with E-state index in [4.69, 9.17) is 4.74 Å². The zero-order chi connectivity index (χ0) is 14.2. The van der Waals surface area contributed by atoms with Crippen molar-refractivity contribution in [2.45, 2.75) is 25.3 Å². The minimum atomic E-state index is -0.164. The first kappa shape index (κ1) is 18.0. The van der Waals surface area contributed by atoms with E-state index in [-0.39, 0.29) is 24.4 Å². The number of rotatable bonds is 6. The van der Waals surface area contributed by atoms with Gasteiger partial charge in [-0.15, -0.1) is 12.4 Å². The molecule has 1 amide bonds. The molecule has 0 aromatic heterocycles. The van der Waals surface area contributed by atoms with Crippen molar-refractivity contribution in [3.63, 3.8) is 0 Å². The van der Waals surface area contributed by atoms with Crippen molar-refractivity contribution in [1.29, 1.82) is 0 Å². The van der Waals surface area contributed by atoms with Gasteiger partial charge in [-0.25, -0.2) is 0 Å². The van der Waals surface area contributed by atoms with E-state index in [1.165, 1.54) is 5.56 Å². The lowest BCUT2D eigenvalue weighted by molar-refractivity contribution is -0.135. The Morgan fingerprint density at radius 1 is 1.33 bits per heavy atom. The van der Waals surface area contributed by atoms with Crippen LogP contribution in [0.25, 0.3) is 0 Å². The lowest BCUT2D eigenvalue weighted by atomic mass is 10.1. The Hall–Kier alpha value is -1.10. The highest BCUT2D eigenvalue weighted by atomic mass is 35.5. The molecule has 0 bridgehead atoms. The smallest absolute Gasteiger partial charge is 0.241 e. The average molecular weight is 313 g/mol. The van der Waals surface area contributed by atoms with Gasteiger partial charge in [0.2, 0.25) is 5.91 Å². The molecule has 5 heteroatoms. The van der Waals surface area contributed by atoms with Gasteiger partial charge in [0.05, 0.1) is 13.2 Å². The van der Waals surface area contributed by atoms with Crippen molar-refractivity contribution < 1.29 is 9.53 Å². The molecule has 0 saturated carbocycles. The highest BCUT2D eigenvalue weighted by Gasteiger charge is 2.23. The molecule has 1 N–H and O–H groups in total. The first-order chi connectivity index (χ1) is 9.77. The predicted molar refractivity (Wildman–Crippen MR) is 86.9 cm³/mol. The molecular formula is C16H25ClN2O2. The third kappa shape index (κ3) is 6.04. The van der Waals surface area contributed by atoms with Crippen LogP contribution in [0.3, 0.4) is 0 Å². The van der Waals surface area contributed by atoms with Gasteiger partial charge in [0.15, 0.2) is 0 Å². The molecule has 1 fully saturated rings. The molecule has 1 atom stereocenters. The van der Waals surface area contributed by atoms with Crippen LogP contribution in [0.1, 0.15) is 18.4 Å². The largest absolute Gasteiger partial charge is 0.378 e. The number of aryl methyl sites for hydroxylation is 1. The van der Waals surface area contributed by atoms with Crippen molar-refractivity contribution in [3.05, 3.63) is 35.9 Å². The van der Waals surface area contributed by atoms with E-state index in [9.17, 15) is 4.79 Å². The summed E-state index contributed by atoms with van der Waals surface area (Å²) in [5.74, 6) is 0.143. The Kier molecular flexibility index (Phi) is 8.35. The van der Waals surface area contributed by atoms with Crippen LogP contribution in [0, 0.1) is 0 Å². The van der Waals surface area contributed by atoms with Crippen LogP contribution in [0.5, 0.6) is 0 Å². The molecule has 2 rings (SSSR count). The molecular weight excluding hydrogens is 288 g/mol. The third-order valence-corrected chi connectivity index (χ3v) is 3.65. The molecule has 0 spiro atoms. The number of morpholine rings is 1. The fourth-order valence-corrected chi connectivity index (χ4v) is 2.42. The molecule has 1 aromatic carbocycles. The molecule has 1 aromatic rings. The fourth-order valence-electron chi connectivity index (χ4n) is 2.42. The Labute approximate surface area is 133 Å². The quantitative estimate of drug-likeness (QED) is 0.816. The predicted octanol–water partition coefficient (Wildman–Crippen LogP) is 1.88. The summed E-state index contributed by atoms with van der Waals surface area (Å²) in [7, 11) is 1.88.